The number of likely N-dealkylation sites (tertiary alicyclic amines) is 1. The summed E-state index contributed by atoms with van der Waals surface area (Å²) in [7, 11) is 0. The van der Waals surface area contributed by atoms with Crippen LogP contribution in [0.1, 0.15) is 18.4 Å². The van der Waals surface area contributed by atoms with Crippen molar-refractivity contribution in [1.29, 1.82) is 5.26 Å². The molecule has 2 N–H and O–H groups in total. The molecular weight excluding hydrogens is 318 g/mol. The van der Waals surface area contributed by atoms with Gasteiger partial charge >= 0.3 is 6.03 Å². The molecule has 0 radical (unpaired) electrons. The standard InChI is InChI=1S/C18H23N5O2/c19-12-14-4-1-2-6-16(14)21-8-10-22(11-9-21)17(24)15-5-3-7-23(13-15)18(20)25/h1-2,4,6,15H,3,5,7-11,13H2,(H2,20,25)/t15-/m1/s1. The Labute approximate surface area is 147 Å². The number of nitrogens with zero attached hydrogens (tertiary/aromatic N) is 4. The molecule has 2 aliphatic rings. The highest BCUT2D eigenvalue weighted by atomic mass is 16.2. The van der Waals surface area contributed by atoms with Gasteiger partial charge in [-0.2, -0.15) is 5.26 Å². The topological polar surface area (TPSA) is 93.7 Å². The molecule has 2 aliphatic heterocycles. The maximum absolute atomic E-state index is 12.8. The molecule has 1 aromatic carbocycles. The summed E-state index contributed by atoms with van der Waals surface area (Å²) in [6.07, 6.45) is 1.62. The average Bonchev–Trinajstić information content (AvgIpc) is 2.67. The van der Waals surface area contributed by atoms with Gasteiger partial charge in [-0.15, -0.1) is 0 Å². The van der Waals surface area contributed by atoms with Gasteiger partial charge in [0.05, 0.1) is 17.2 Å². The molecular formula is C18H23N5O2. The molecule has 7 heteroatoms. The molecule has 132 valence electrons. The first-order valence-electron chi connectivity index (χ1n) is 8.67. The lowest BCUT2D eigenvalue weighted by molar-refractivity contribution is -0.137. The predicted molar refractivity (Wildman–Crippen MR) is 93.8 cm³/mol. The summed E-state index contributed by atoms with van der Waals surface area (Å²) in [6, 6.07) is 9.31. The van der Waals surface area contributed by atoms with Crippen molar-refractivity contribution in [2.24, 2.45) is 11.7 Å². The second-order valence-electron chi connectivity index (χ2n) is 6.56. The number of nitrogens with two attached hydrogens (primary N) is 1. The Bertz CT molecular complexity index is 691. The lowest BCUT2D eigenvalue weighted by Gasteiger charge is -2.39. The number of piperidine rings is 1. The molecule has 0 spiro atoms. The van der Waals surface area contributed by atoms with Crippen molar-refractivity contribution in [3.05, 3.63) is 29.8 Å². The maximum atomic E-state index is 12.8. The SMILES string of the molecule is N#Cc1ccccc1N1CCN(C(=O)[C@@H]2CCCN(C(N)=O)C2)CC1. The molecule has 2 heterocycles. The van der Waals surface area contributed by atoms with Crippen LogP contribution in [0.5, 0.6) is 0 Å². The van der Waals surface area contributed by atoms with Crippen LogP contribution < -0.4 is 10.6 Å². The van der Waals surface area contributed by atoms with Crippen molar-refractivity contribution < 1.29 is 9.59 Å². The summed E-state index contributed by atoms with van der Waals surface area (Å²) in [4.78, 5) is 29.7. The Morgan fingerprint density at radius 2 is 1.80 bits per heavy atom. The number of anilines is 1. The molecule has 0 bridgehead atoms. The number of benzene rings is 1. The summed E-state index contributed by atoms with van der Waals surface area (Å²) in [5.74, 6) is -0.0432. The highest BCUT2D eigenvalue weighted by molar-refractivity contribution is 5.81. The van der Waals surface area contributed by atoms with E-state index >= 15 is 0 Å². The number of carbonyl (C=O) groups excluding carboxylic acids is 2. The smallest absolute Gasteiger partial charge is 0.314 e. The minimum absolute atomic E-state index is 0.110. The highest BCUT2D eigenvalue weighted by Gasteiger charge is 2.32. The van der Waals surface area contributed by atoms with Gasteiger partial charge in [-0.1, -0.05) is 12.1 Å². The number of rotatable bonds is 2. The molecule has 0 unspecified atom stereocenters. The highest BCUT2D eigenvalue weighted by Crippen LogP contribution is 2.23. The lowest BCUT2D eigenvalue weighted by Crippen LogP contribution is -2.53. The summed E-state index contributed by atoms with van der Waals surface area (Å²) in [5.41, 5.74) is 6.93. The van der Waals surface area contributed by atoms with Crippen LogP contribution in [0, 0.1) is 17.2 Å². The van der Waals surface area contributed by atoms with Crippen LogP contribution in [0.3, 0.4) is 0 Å². The van der Waals surface area contributed by atoms with Crippen molar-refractivity contribution >= 4 is 17.6 Å². The van der Waals surface area contributed by atoms with E-state index < -0.39 is 6.03 Å². The Balaban J connectivity index is 1.59. The van der Waals surface area contributed by atoms with E-state index in [-0.39, 0.29) is 11.8 Å². The Kier molecular flexibility index (Phi) is 5.08. The monoisotopic (exact) mass is 341 g/mol. The third-order valence-electron chi connectivity index (χ3n) is 5.04. The normalized spacial score (nSPS) is 20.9. The maximum Gasteiger partial charge on any atom is 0.314 e. The van der Waals surface area contributed by atoms with Crippen molar-refractivity contribution in [2.45, 2.75) is 12.8 Å². The van der Waals surface area contributed by atoms with Crippen LogP contribution in [-0.2, 0) is 4.79 Å². The fourth-order valence-corrected chi connectivity index (χ4v) is 3.65. The number of piperazine rings is 1. The quantitative estimate of drug-likeness (QED) is 0.868. The van der Waals surface area contributed by atoms with E-state index in [0.29, 0.717) is 44.8 Å². The molecule has 25 heavy (non-hydrogen) atoms. The first kappa shape index (κ1) is 17.1. The number of para-hydroxylation sites is 1. The van der Waals surface area contributed by atoms with E-state index in [1.807, 2.05) is 29.2 Å². The summed E-state index contributed by atoms with van der Waals surface area (Å²) in [5, 5.41) is 9.25. The zero-order chi connectivity index (χ0) is 17.8. The van der Waals surface area contributed by atoms with Crippen LogP contribution in [0.4, 0.5) is 10.5 Å². The van der Waals surface area contributed by atoms with Crippen LogP contribution in [0.15, 0.2) is 24.3 Å². The van der Waals surface area contributed by atoms with Gasteiger partial charge in [0.25, 0.3) is 0 Å². The van der Waals surface area contributed by atoms with Crippen LogP contribution in [0.25, 0.3) is 0 Å². The van der Waals surface area contributed by atoms with Gasteiger partial charge in [-0.05, 0) is 25.0 Å². The fraction of sp³-hybridized carbons (Fsp3) is 0.500. The number of carbonyl (C=O) groups is 2. The molecule has 2 fully saturated rings. The van der Waals surface area contributed by atoms with E-state index in [4.69, 9.17) is 5.73 Å². The van der Waals surface area contributed by atoms with E-state index in [9.17, 15) is 14.9 Å². The first-order chi connectivity index (χ1) is 12.1. The molecule has 0 aliphatic carbocycles. The summed E-state index contributed by atoms with van der Waals surface area (Å²) in [6.45, 7) is 3.73. The van der Waals surface area contributed by atoms with Gasteiger partial charge in [0, 0.05) is 39.3 Å². The number of hydrogen-bond acceptors (Lipinski definition) is 4. The van der Waals surface area contributed by atoms with Crippen molar-refractivity contribution in [1.82, 2.24) is 9.80 Å². The molecule has 1 atom stereocenters. The summed E-state index contributed by atoms with van der Waals surface area (Å²) >= 11 is 0. The largest absolute Gasteiger partial charge is 0.367 e. The number of primary amides is 1. The number of nitriles is 1. The van der Waals surface area contributed by atoms with Crippen LogP contribution in [0.2, 0.25) is 0 Å². The molecule has 2 saturated heterocycles. The molecule has 0 aromatic heterocycles. The van der Waals surface area contributed by atoms with Crippen LogP contribution in [-0.4, -0.2) is 61.0 Å². The molecule has 1 aromatic rings. The predicted octanol–water partition coefficient (Wildman–Crippen LogP) is 0.998. The second-order valence-corrected chi connectivity index (χ2v) is 6.56. The third-order valence-corrected chi connectivity index (χ3v) is 5.04. The molecule has 7 nitrogen and oxygen atoms in total. The van der Waals surface area contributed by atoms with Crippen molar-refractivity contribution in [3.63, 3.8) is 0 Å². The van der Waals surface area contributed by atoms with Crippen LogP contribution >= 0.6 is 0 Å². The molecule has 3 amide bonds. The van der Waals surface area contributed by atoms with Crippen molar-refractivity contribution in [3.8, 4) is 6.07 Å². The number of urea groups is 1. The third kappa shape index (κ3) is 3.68. The van der Waals surface area contributed by atoms with Gasteiger partial charge in [0.2, 0.25) is 5.91 Å². The van der Waals surface area contributed by atoms with E-state index in [1.165, 1.54) is 0 Å². The van der Waals surface area contributed by atoms with Crippen molar-refractivity contribution in [2.75, 3.05) is 44.2 Å². The van der Waals surface area contributed by atoms with Gasteiger partial charge < -0.3 is 20.4 Å². The van der Waals surface area contributed by atoms with E-state index in [1.54, 1.807) is 4.90 Å². The minimum Gasteiger partial charge on any atom is -0.367 e. The van der Waals surface area contributed by atoms with E-state index in [2.05, 4.69) is 11.0 Å². The van der Waals surface area contributed by atoms with Gasteiger partial charge in [-0.3, -0.25) is 4.79 Å². The Hall–Kier alpha value is -2.75. The zero-order valence-corrected chi connectivity index (χ0v) is 14.2. The zero-order valence-electron chi connectivity index (χ0n) is 14.2. The minimum atomic E-state index is -0.449. The van der Waals surface area contributed by atoms with Gasteiger partial charge in [-0.25, -0.2) is 4.79 Å². The Morgan fingerprint density at radius 3 is 2.48 bits per heavy atom. The number of hydrogen-bond donors (Lipinski definition) is 1. The fourth-order valence-electron chi connectivity index (χ4n) is 3.65. The van der Waals surface area contributed by atoms with E-state index in [0.717, 1.165) is 18.5 Å². The van der Waals surface area contributed by atoms with Gasteiger partial charge in [0.15, 0.2) is 0 Å². The average molecular weight is 341 g/mol. The Morgan fingerprint density at radius 1 is 1.08 bits per heavy atom. The molecule has 0 saturated carbocycles. The number of amides is 3. The second kappa shape index (κ2) is 7.43. The van der Waals surface area contributed by atoms with Gasteiger partial charge in [0.1, 0.15) is 6.07 Å². The molecule has 3 rings (SSSR count). The lowest BCUT2D eigenvalue weighted by atomic mass is 9.96. The first-order valence-corrected chi connectivity index (χ1v) is 8.67. The summed E-state index contributed by atoms with van der Waals surface area (Å²) < 4.78 is 0.